The lowest BCUT2D eigenvalue weighted by Gasteiger charge is -2.35. The van der Waals surface area contributed by atoms with E-state index in [9.17, 15) is 13.2 Å². The van der Waals surface area contributed by atoms with Crippen LogP contribution in [0.25, 0.3) is 22.0 Å². The van der Waals surface area contributed by atoms with Crippen molar-refractivity contribution >= 4 is 22.5 Å². The maximum atomic E-state index is 12.8. The van der Waals surface area contributed by atoms with Crippen LogP contribution < -0.4 is 10.5 Å². The van der Waals surface area contributed by atoms with Crippen LogP contribution in [-0.2, 0) is 26.2 Å². The van der Waals surface area contributed by atoms with E-state index < -0.39 is 6.36 Å². The zero-order valence-electron chi connectivity index (χ0n) is 23.3. The second-order valence-corrected chi connectivity index (χ2v) is 11.1. The van der Waals surface area contributed by atoms with Crippen LogP contribution in [0.4, 0.5) is 13.2 Å². The first-order valence-electron chi connectivity index (χ1n) is 14.1. The third kappa shape index (κ3) is 7.25. The van der Waals surface area contributed by atoms with Crippen LogP contribution in [0.2, 0.25) is 5.02 Å². The SMILES string of the molecule is CCCCn1cc(-c2ccc(OC(F)(F)F)cc2CN)c2cc(CN3CCN(Cc4ccccc4Cl)CC3)ccc21. The molecule has 0 atom stereocenters. The van der Waals surface area contributed by atoms with Gasteiger partial charge in [-0.2, -0.15) is 0 Å². The number of hydrogen-bond donors (Lipinski definition) is 1. The Hall–Kier alpha value is -3.04. The van der Waals surface area contributed by atoms with Crippen molar-refractivity contribution in [2.75, 3.05) is 26.2 Å². The summed E-state index contributed by atoms with van der Waals surface area (Å²) in [6.07, 6.45) is -0.548. The number of aromatic nitrogens is 1. The minimum absolute atomic E-state index is 0.101. The number of hydrogen-bond acceptors (Lipinski definition) is 4. The van der Waals surface area contributed by atoms with Crippen molar-refractivity contribution in [2.24, 2.45) is 5.73 Å². The molecule has 2 N–H and O–H groups in total. The van der Waals surface area contributed by atoms with Gasteiger partial charge in [0.15, 0.2) is 0 Å². The molecule has 218 valence electrons. The second-order valence-electron chi connectivity index (χ2n) is 10.7. The van der Waals surface area contributed by atoms with Crippen molar-refractivity contribution in [3.8, 4) is 16.9 Å². The molecule has 0 spiro atoms. The highest BCUT2D eigenvalue weighted by molar-refractivity contribution is 6.31. The van der Waals surface area contributed by atoms with Gasteiger partial charge < -0.3 is 15.0 Å². The molecule has 0 saturated carbocycles. The lowest BCUT2D eigenvalue weighted by atomic mass is 9.98. The van der Waals surface area contributed by atoms with Gasteiger partial charge in [0.05, 0.1) is 0 Å². The molecule has 5 rings (SSSR count). The zero-order chi connectivity index (χ0) is 29.0. The Morgan fingerprint density at radius 3 is 2.29 bits per heavy atom. The van der Waals surface area contributed by atoms with E-state index in [1.807, 2.05) is 18.2 Å². The fraction of sp³-hybridized carbons (Fsp3) is 0.375. The normalized spacial score (nSPS) is 15.1. The van der Waals surface area contributed by atoms with Crippen LogP contribution in [0.1, 0.15) is 36.5 Å². The summed E-state index contributed by atoms with van der Waals surface area (Å²) in [5.41, 5.74) is 11.9. The fourth-order valence-electron chi connectivity index (χ4n) is 5.60. The van der Waals surface area contributed by atoms with Crippen LogP contribution in [0.3, 0.4) is 0 Å². The number of rotatable bonds is 10. The Balaban J connectivity index is 1.37. The molecule has 41 heavy (non-hydrogen) atoms. The molecule has 0 unspecified atom stereocenters. The second kappa shape index (κ2) is 12.9. The average molecular weight is 585 g/mol. The quantitative estimate of drug-likeness (QED) is 0.210. The highest BCUT2D eigenvalue weighted by atomic mass is 35.5. The first-order valence-corrected chi connectivity index (χ1v) is 14.5. The van der Waals surface area contributed by atoms with Crippen LogP contribution >= 0.6 is 11.6 Å². The highest BCUT2D eigenvalue weighted by Gasteiger charge is 2.31. The summed E-state index contributed by atoms with van der Waals surface area (Å²) in [5, 5.41) is 1.89. The van der Waals surface area contributed by atoms with Gasteiger partial charge in [-0.15, -0.1) is 13.2 Å². The van der Waals surface area contributed by atoms with Gasteiger partial charge in [-0.05, 0) is 59.0 Å². The van der Waals surface area contributed by atoms with E-state index in [0.29, 0.717) is 5.56 Å². The van der Waals surface area contributed by atoms with Gasteiger partial charge in [0.1, 0.15) is 5.75 Å². The minimum Gasteiger partial charge on any atom is -0.406 e. The lowest BCUT2D eigenvalue weighted by Crippen LogP contribution is -2.45. The Morgan fingerprint density at radius 1 is 0.878 bits per heavy atom. The van der Waals surface area contributed by atoms with Gasteiger partial charge in [-0.3, -0.25) is 9.80 Å². The smallest absolute Gasteiger partial charge is 0.406 e. The Morgan fingerprint density at radius 2 is 1.61 bits per heavy atom. The molecule has 2 heterocycles. The van der Waals surface area contributed by atoms with Gasteiger partial charge >= 0.3 is 6.36 Å². The third-order valence-electron chi connectivity index (χ3n) is 7.74. The molecule has 5 nitrogen and oxygen atoms in total. The van der Waals surface area contributed by atoms with Crippen LogP contribution in [-0.4, -0.2) is 46.9 Å². The summed E-state index contributed by atoms with van der Waals surface area (Å²) in [7, 11) is 0. The zero-order valence-corrected chi connectivity index (χ0v) is 24.0. The van der Waals surface area contributed by atoms with E-state index in [0.717, 1.165) is 91.3 Å². The number of piperazine rings is 1. The molecule has 1 fully saturated rings. The number of aryl methyl sites for hydroxylation is 1. The van der Waals surface area contributed by atoms with Crippen molar-refractivity contribution in [3.63, 3.8) is 0 Å². The predicted molar refractivity (Wildman–Crippen MR) is 159 cm³/mol. The number of fused-ring (bicyclic) bond motifs is 1. The van der Waals surface area contributed by atoms with Gasteiger partial charge in [-0.25, -0.2) is 0 Å². The van der Waals surface area contributed by atoms with Gasteiger partial charge in [0, 0.05) is 80.0 Å². The predicted octanol–water partition coefficient (Wildman–Crippen LogP) is 7.44. The van der Waals surface area contributed by atoms with Crippen molar-refractivity contribution in [1.29, 1.82) is 0 Å². The van der Waals surface area contributed by atoms with E-state index in [-0.39, 0.29) is 12.3 Å². The summed E-state index contributed by atoms with van der Waals surface area (Å²) in [6.45, 7) is 8.68. The fourth-order valence-corrected chi connectivity index (χ4v) is 5.80. The van der Waals surface area contributed by atoms with E-state index in [1.165, 1.54) is 17.7 Å². The van der Waals surface area contributed by atoms with Gasteiger partial charge in [0.25, 0.3) is 0 Å². The van der Waals surface area contributed by atoms with E-state index in [2.05, 4.69) is 56.5 Å². The van der Waals surface area contributed by atoms with E-state index >= 15 is 0 Å². The van der Waals surface area contributed by atoms with Gasteiger partial charge in [-0.1, -0.05) is 55.3 Å². The minimum atomic E-state index is -4.75. The molecule has 1 aliphatic heterocycles. The van der Waals surface area contributed by atoms with Crippen molar-refractivity contribution < 1.29 is 17.9 Å². The summed E-state index contributed by atoms with van der Waals surface area (Å²) >= 11 is 6.37. The molecule has 3 aromatic carbocycles. The number of nitrogens with two attached hydrogens (primary N) is 1. The van der Waals surface area contributed by atoms with Crippen LogP contribution in [0.5, 0.6) is 5.75 Å². The summed E-state index contributed by atoms with van der Waals surface area (Å²) in [6, 6.07) is 19.0. The topological polar surface area (TPSA) is 46.7 Å². The maximum Gasteiger partial charge on any atom is 0.573 e. The molecule has 0 amide bonds. The van der Waals surface area contributed by atoms with Crippen LogP contribution in [0, 0.1) is 0 Å². The number of halogens is 4. The molecule has 0 aliphatic carbocycles. The molecule has 0 bridgehead atoms. The molecule has 0 radical (unpaired) electrons. The molecule has 1 aromatic heterocycles. The molecule has 1 saturated heterocycles. The third-order valence-corrected chi connectivity index (χ3v) is 8.11. The summed E-state index contributed by atoms with van der Waals surface area (Å²) in [4.78, 5) is 4.90. The number of nitrogens with zero attached hydrogens (tertiary/aromatic N) is 3. The van der Waals surface area contributed by atoms with Crippen molar-refractivity contribution in [1.82, 2.24) is 14.4 Å². The molecular weight excluding hydrogens is 549 g/mol. The largest absolute Gasteiger partial charge is 0.573 e. The van der Waals surface area contributed by atoms with E-state index in [4.69, 9.17) is 17.3 Å². The first-order chi connectivity index (χ1) is 19.7. The lowest BCUT2D eigenvalue weighted by molar-refractivity contribution is -0.274. The maximum absolute atomic E-state index is 12.8. The molecule has 9 heteroatoms. The Labute approximate surface area is 244 Å². The molecule has 4 aromatic rings. The van der Waals surface area contributed by atoms with Crippen molar-refractivity contribution in [3.05, 3.63) is 88.6 Å². The number of unbranched alkanes of at least 4 members (excludes halogenated alkanes) is 1. The molecule has 1 aliphatic rings. The van der Waals surface area contributed by atoms with E-state index in [1.54, 1.807) is 6.07 Å². The monoisotopic (exact) mass is 584 g/mol. The van der Waals surface area contributed by atoms with Gasteiger partial charge in [0.2, 0.25) is 0 Å². The first kappa shape index (κ1) is 29.5. The Kier molecular flexibility index (Phi) is 9.24. The highest BCUT2D eigenvalue weighted by Crippen LogP contribution is 2.36. The number of benzene rings is 3. The summed E-state index contributed by atoms with van der Waals surface area (Å²) in [5.74, 6) is -0.259. The number of ether oxygens (including phenoxy) is 1. The van der Waals surface area contributed by atoms with Crippen molar-refractivity contribution in [2.45, 2.75) is 52.3 Å². The number of alkyl halides is 3. The van der Waals surface area contributed by atoms with Crippen LogP contribution in [0.15, 0.2) is 66.9 Å². The Bertz CT molecular complexity index is 1480. The average Bonchev–Trinajstić information content (AvgIpc) is 3.30. The standard InChI is InChI=1S/C32H36ClF3N4O/c1-2-3-12-40-22-29(27-10-9-26(18-25(27)19-37)41-32(34,35)36)28-17-23(8-11-31(28)40)20-38-13-15-39(16-14-38)21-24-6-4-5-7-30(24)33/h4-11,17-18,22H,2-3,12-16,19-21,37H2,1H3. The summed E-state index contributed by atoms with van der Waals surface area (Å²) < 4.78 is 44.9. The molecular formula is C32H36ClF3N4O.